The highest BCUT2D eigenvalue weighted by atomic mass is 19.1. The van der Waals surface area contributed by atoms with Crippen LogP contribution in [0.5, 0.6) is 11.5 Å². The van der Waals surface area contributed by atoms with Gasteiger partial charge in [0.1, 0.15) is 16.8 Å². The van der Waals surface area contributed by atoms with Gasteiger partial charge in [-0.15, -0.1) is 0 Å². The predicted octanol–water partition coefficient (Wildman–Crippen LogP) is 4.34. The molecule has 6 rings (SSSR count). The van der Waals surface area contributed by atoms with Gasteiger partial charge < -0.3 is 29.2 Å². The third-order valence-corrected chi connectivity index (χ3v) is 7.69. The lowest BCUT2D eigenvalue weighted by Crippen LogP contribution is -2.45. The molecule has 1 fully saturated rings. The highest BCUT2D eigenvalue weighted by Crippen LogP contribution is 2.47. The van der Waals surface area contributed by atoms with Crippen molar-refractivity contribution in [1.82, 2.24) is 14.8 Å². The van der Waals surface area contributed by atoms with Gasteiger partial charge in [-0.25, -0.2) is 4.39 Å². The van der Waals surface area contributed by atoms with E-state index in [4.69, 9.17) is 9.47 Å². The molecule has 0 aliphatic carbocycles. The van der Waals surface area contributed by atoms with E-state index in [1.54, 1.807) is 11.5 Å². The molecule has 0 radical (unpaired) electrons. The first-order chi connectivity index (χ1) is 20.4. The van der Waals surface area contributed by atoms with Crippen LogP contribution in [0.1, 0.15) is 23.7 Å². The van der Waals surface area contributed by atoms with E-state index >= 15 is 4.39 Å². The van der Waals surface area contributed by atoms with E-state index in [-0.39, 0.29) is 36.3 Å². The van der Waals surface area contributed by atoms with Gasteiger partial charge in [-0.2, -0.15) is 0 Å². The smallest absolute Gasteiger partial charge is 0.307 e. The first kappa shape index (κ1) is 27.5. The quantitative estimate of drug-likeness (QED) is 0.291. The number of nitrogens with one attached hydrogen (secondary N) is 1. The summed E-state index contributed by atoms with van der Waals surface area (Å²) in [5, 5.41) is 2.67. The number of anilines is 1. The van der Waals surface area contributed by atoms with Crippen LogP contribution in [-0.2, 0) is 9.53 Å². The van der Waals surface area contributed by atoms with Gasteiger partial charge in [-0.05, 0) is 43.3 Å². The Morgan fingerprint density at radius 2 is 1.79 bits per heavy atom. The van der Waals surface area contributed by atoms with Crippen molar-refractivity contribution in [3.8, 4) is 28.3 Å². The first-order valence-electron chi connectivity index (χ1n) is 14.0. The lowest BCUT2D eigenvalue weighted by molar-refractivity contribution is -0.142. The molecule has 0 spiro atoms. The fourth-order valence-corrected chi connectivity index (χ4v) is 5.51. The topological polar surface area (TPSA) is 93.1 Å². The van der Waals surface area contributed by atoms with Gasteiger partial charge in [-0.3, -0.25) is 14.4 Å². The first-order valence-corrected chi connectivity index (χ1v) is 14.0. The van der Waals surface area contributed by atoms with Crippen molar-refractivity contribution in [2.24, 2.45) is 0 Å². The molecule has 2 aliphatic heterocycles. The van der Waals surface area contributed by atoms with Crippen molar-refractivity contribution in [2.45, 2.75) is 13.3 Å². The molecule has 1 saturated heterocycles. The molecule has 216 valence electrons. The Morgan fingerprint density at radius 3 is 2.52 bits per heavy atom. The largest absolute Gasteiger partial charge is 0.466 e. The molecule has 42 heavy (non-hydrogen) atoms. The van der Waals surface area contributed by atoms with Gasteiger partial charge in [0.2, 0.25) is 5.43 Å². The van der Waals surface area contributed by atoms with Crippen LogP contribution < -0.4 is 20.4 Å². The highest BCUT2D eigenvalue weighted by Gasteiger charge is 2.31. The second-order valence-electron chi connectivity index (χ2n) is 10.4. The monoisotopic (exact) mass is 570 g/mol. The normalized spacial score (nSPS) is 14.3. The van der Waals surface area contributed by atoms with E-state index in [1.807, 2.05) is 60.5 Å². The van der Waals surface area contributed by atoms with E-state index < -0.39 is 23.1 Å². The fraction of sp³-hybridized carbons (Fsp3) is 0.281. The van der Waals surface area contributed by atoms with Crippen molar-refractivity contribution in [3.63, 3.8) is 0 Å². The molecule has 3 aromatic carbocycles. The summed E-state index contributed by atoms with van der Waals surface area (Å²) in [7, 11) is 2.02. The molecule has 10 heteroatoms. The SMILES string of the molecule is CCOC(=O)CCNC(=O)c1cn2c3c(c(N4CCN(C)CC4)c(F)cc3c1=O)Oc1ccc(-c3ccccc3)cc1-2. The van der Waals surface area contributed by atoms with Gasteiger partial charge in [0.15, 0.2) is 17.3 Å². The number of aromatic nitrogens is 1. The minimum atomic E-state index is -0.660. The minimum Gasteiger partial charge on any atom is -0.466 e. The third-order valence-electron chi connectivity index (χ3n) is 7.69. The molecule has 0 bridgehead atoms. The molecule has 0 saturated carbocycles. The standard InChI is InChI=1S/C32H31FN4O5/c1-3-41-27(38)11-12-34-32(40)23-19-37-25-17-21(20-7-5-4-6-8-20)9-10-26(25)42-31-28(37)22(30(23)39)18-24(33)29(31)36-15-13-35(2)14-16-36/h4-10,17-19H,3,11-16H2,1-2H3,(H,34,40). The lowest BCUT2D eigenvalue weighted by Gasteiger charge is -2.36. The van der Waals surface area contributed by atoms with Crippen LogP contribution in [-0.4, -0.2) is 67.7 Å². The predicted molar refractivity (Wildman–Crippen MR) is 158 cm³/mol. The second-order valence-corrected chi connectivity index (χ2v) is 10.4. The van der Waals surface area contributed by atoms with Crippen LogP contribution in [0.15, 0.2) is 65.6 Å². The van der Waals surface area contributed by atoms with Crippen LogP contribution in [0.4, 0.5) is 10.1 Å². The number of nitrogens with zero attached hydrogens (tertiary/aromatic N) is 3. The second kappa shape index (κ2) is 11.3. The zero-order valence-electron chi connectivity index (χ0n) is 23.5. The van der Waals surface area contributed by atoms with Gasteiger partial charge in [0.25, 0.3) is 5.91 Å². The van der Waals surface area contributed by atoms with Crippen molar-refractivity contribution >= 4 is 28.5 Å². The maximum absolute atomic E-state index is 15.9. The summed E-state index contributed by atoms with van der Waals surface area (Å²) in [6.07, 6.45) is 1.45. The number of benzene rings is 3. The summed E-state index contributed by atoms with van der Waals surface area (Å²) in [4.78, 5) is 42.8. The zero-order chi connectivity index (χ0) is 29.4. The molecule has 1 amide bonds. The molecule has 2 aliphatic rings. The van der Waals surface area contributed by atoms with E-state index in [2.05, 4.69) is 10.2 Å². The summed E-state index contributed by atoms with van der Waals surface area (Å²) in [6, 6.07) is 16.7. The van der Waals surface area contributed by atoms with E-state index in [1.165, 1.54) is 12.3 Å². The van der Waals surface area contributed by atoms with Crippen LogP contribution in [0, 0.1) is 5.82 Å². The number of pyridine rings is 1. The number of hydrogen-bond acceptors (Lipinski definition) is 7. The number of likely N-dealkylation sites (N-methyl/N-ethyl adjacent to an activating group) is 1. The van der Waals surface area contributed by atoms with Crippen LogP contribution in [0.25, 0.3) is 27.7 Å². The number of carbonyl (C=O) groups is 2. The molecule has 9 nitrogen and oxygen atoms in total. The van der Waals surface area contributed by atoms with Gasteiger partial charge >= 0.3 is 5.97 Å². The number of halogens is 1. The van der Waals surface area contributed by atoms with Crippen molar-refractivity contribution < 1.29 is 23.5 Å². The summed E-state index contributed by atoms with van der Waals surface area (Å²) < 4.78 is 29.0. The molecule has 0 unspecified atom stereocenters. The molecular weight excluding hydrogens is 539 g/mol. The number of carbonyl (C=O) groups excluding carboxylic acids is 2. The highest BCUT2D eigenvalue weighted by molar-refractivity contribution is 6.01. The number of hydrogen-bond donors (Lipinski definition) is 1. The molecule has 0 atom stereocenters. The number of esters is 1. The van der Waals surface area contributed by atoms with Crippen molar-refractivity contribution in [1.29, 1.82) is 0 Å². The Labute approximate surface area is 242 Å². The molecular formula is C32H31FN4O5. The van der Waals surface area contributed by atoms with Gasteiger partial charge in [-0.1, -0.05) is 36.4 Å². The molecule has 3 heterocycles. The van der Waals surface area contributed by atoms with E-state index in [0.717, 1.165) is 24.2 Å². The Morgan fingerprint density at radius 1 is 1.02 bits per heavy atom. The van der Waals surface area contributed by atoms with Gasteiger partial charge in [0, 0.05) is 38.9 Å². The summed E-state index contributed by atoms with van der Waals surface area (Å²) >= 11 is 0. The molecule has 1 N–H and O–H groups in total. The number of ether oxygens (including phenoxy) is 2. The van der Waals surface area contributed by atoms with Crippen LogP contribution >= 0.6 is 0 Å². The number of amides is 1. The maximum atomic E-state index is 15.9. The summed E-state index contributed by atoms with van der Waals surface area (Å²) in [5.74, 6) is -0.976. The number of rotatable bonds is 7. The van der Waals surface area contributed by atoms with Crippen molar-refractivity contribution in [3.05, 3.63) is 82.4 Å². The average Bonchev–Trinajstić information content (AvgIpc) is 2.99. The number of piperazine rings is 1. The van der Waals surface area contributed by atoms with Gasteiger partial charge in [0.05, 0.1) is 24.1 Å². The average molecular weight is 571 g/mol. The molecule has 4 aromatic rings. The maximum Gasteiger partial charge on any atom is 0.307 e. The Bertz CT molecular complexity index is 1750. The number of fused-ring (bicyclic) bond motifs is 2. The summed E-state index contributed by atoms with van der Waals surface area (Å²) in [6.45, 7) is 4.64. The van der Waals surface area contributed by atoms with E-state index in [0.29, 0.717) is 35.7 Å². The Hall–Kier alpha value is -4.70. The lowest BCUT2D eigenvalue weighted by atomic mass is 10.0. The third kappa shape index (κ3) is 4.98. The van der Waals surface area contributed by atoms with Crippen LogP contribution in [0.2, 0.25) is 0 Å². The van der Waals surface area contributed by atoms with E-state index in [9.17, 15) is 14.4 Å². The Balaban J connectivity index is 1.51. The Kier molecular flexibility index (Phi) is 7.38. The van der Waals surface area contributed by atoms with Crippen molar-refractivity contribution in [2.75, 3.05) is 51.3 Å². The minimum absolute atomic E-state index is 0.00501. The molecule has 1 aromatic heterocycles. The zero-order valence-corrected chi connectivity index (χ0v) is 23.5. The fourth-order valence-electron chi connectivity index (χ4n) is 5.51. The summed E-state index contributed by atoms with van der Waals surface area (Å²) in [5.41, 5.74) is 2.43. The van der Waals surface area contributed by atoms with Crippen LogP contribution in [0.3, 0.4) is 0 Å².